The van der Waals surface area contributed by atoms with E-state index >= 15 is 0 Å². The number of benzene rings is 12. The SMILES string of the molecule is Cc1ccc(-c2cc3c(c4c2oc2ccccc24)-c2ccc(N(c4ccc5c(c4)C(C)(C)c4cc6c(cc4-5)C(C)(C)c4ccc5oc7ccccc7c5c4-6)c4ccc5c(c4)C(C)(C)c4c6c(c7oc8ccccc8c7c4-5)-c4ccccc4C6(C)C)cc2C3(C)C)cc1. The maximum Gasteiger partial charge on any atom is 0.144 e. The smallest absolute Gasteiger partial charge is 0.144 e. The molecular formula is C88H67NO3. The minimum Gasteiger partial charge on any atom is -0.456 e. The van der Waals surface area contributed by atoms with Crippen LogP contribution in [-0.2, 0) is 27.1 Å². The number of para-hydroxylation sites is 3. The summed E-state index contributed by atoms with van der Waals surface area (Å²) in [5, 5.41) is 7.09. The minimum absolute atomic E-state index is 0.215. The van der Waals surface area contributed by atoms with Crippen LogP contribution in [0.4, 0.5) is 17.1 Å². The summed E-state index contributed by atoms with van der Waals surface area (Å²) in [4.78, 5) is 2.58. The van der Waals surface area contributed by atoms with Gasteiger partial charge in [0.1, 0.15) is 33.5 Å². The molecule has 0 amide bonds. The summed E-state index contributed by atoms with van der Waals surface area (Å²) < 4.78 is 20.6. The fourth-order valence-corrected chi connectivity index (χ4v) is 18.7. The van der Waals surface area contributed by atoms with Crippen LogP contribution >= 0.6 is 0 Å². The van der Waals surface area contributed by atoms with Crippen LogP contribution in [0.15, 0.2) is 220 Å². The summed E-state index contributed by atoms with van der Waals surface area (Å²) in [6, 6.07) is 78.0. The van der Waals surface area contributed by atoms with Crippen molar-refractivity contribution in [3.63, 3.8) is 0 Å². The van der Waals surface area contributed by atoms with Crippen molar-refractivity contribution >= 4 is 82.9 Å². The summed E-state index contributed by atoms with van der Waals surface area (Å²) in [6.07, 6.45) is 0. The normalized spacial score (nSPS) is 16.4. The molecule has 0 saturated carbocycles. The molecule has 0 saturated heterocycles. The topological polar surface area (TPSA) is 42.7 Å². The standard InChI is InChI=1S/C88H67NO3/c1-46-28-30-47(31-29-46)58-43-68-73(77-56-22-14-18-26-70(56)91-82(58)77)53-36-33-49(41-64(53)86(68,6)7)89(48-32-35-51-59-44-67-60(45-66(59)85(4,5)63(51)40-48)74-62(84(67,2)3)38-39-72-75(74)55-21-13-17-25-69(55)90-72)50-34-37-54-65(42-50)88(10,11)80-76(54)78-57-23-15-19-27-71(57)92-83(78)79-52-20-12-16-24-61(52)87(8,9)81(79)80/h12-45H,1-11H3. The second-order valence-corrected chi connectivity index (χ2v) is 29.9. The van der Waals surface area contributed by atoms with E-state index in [-0.39, 0.29) is 27.1 Å². The van der Waals surface area contributed by atoms with Crippen molar-refractivity contribution in [2.75, 3.05) is 4.90 Å². The maximum absolute atomic E-state index is 7.12. The zero-order chi connectivity index (χ0) is 62.2. The number of fused-ring (bicyclic) bond motifs is 29. The molecule has 12 aromatic carbocycles. The van der Waals surface area contributed by atoms with Crippen molar-refractivity contribution in [2.45, 2.75) is 103 Å². The Labute approximate surface area is 535 Å². The van der Waals surface area contributed by atoms with E-state index in [1.54, 1.807) is 0 Å². The van der Waals surface area contributed by atoms with Gasteiger partial charge in [-0.3, -0.25) is 0 Å². The van der Waals surface area contributed by atoms with Gasteiger partial charge < -0.3 is 18.2 Å². The molecule has 0 unspecified atom stereocenters. The monoisotopic (exact) mass is 1190 g/mol. The van der Waals surface area contributed by atoms with Crippen LogP contribution in [0.3, 0.4) is 0 Å². The first kappa shape index (κ1) is 52.6. The molecule has 3 aromatic heterocycles. The largest absolute Gasteiger partial charge is 0.456 e. The van der Waals surface area contributed by atoms with Crippen LogP contribution in [0, 0.1) is 6.92 Å². The fraction of sp³-hybridized carbons (Fsp3) is 0.182. The average Bonchev–Trinajstić information content (AvgIpc) is 1.50. The Morgan fingerprint density at radius 3 is 1.39 bits per heavy atom. The molecule has 5 aliphatic rings. The van der Waals surface area contributed by atoms with Gasteiger partial charge in [-0.15, -0.1) is 0 Å². The second-order valence-electron chi connectivity index (χ2n) is 29.9. The minimum atomic E-state index is -0.388. The van der Waals surface area contributed by atoms with E-state index in [0.717, 1.165) is 72.5 Å². The highest BCUT2D eigenvalue weighted by Gasteiger charge is 2.50. The Morgan fingerprint density at radius 2 is 0.717 bits per heavy atom. The number of anilines is 3. The molecule has 3 heterocycles. The molecule has 0 N–H and O–H groups in total. The third-order valence-corrected chi connectivity index (χ3v) is 23.2. The predicted molar refractivity (Wildman–Crippen MR) is 381 cm³/mol. The third kappa shape index (κ3) is 6.34. The summed E-state index contributed by atoms with van der Waals surface area (Å²) in [6.45, 7) is 26.5. The number of hydrogen-bond acceptors (Lipinski definition) is 4. The molecular weight excluding hydrogens is 1120 g/mol. The van der Waals surface area contributed by atoms with Crippen molar-refractivity contribution in [3.8, 4) is 66.8 Å². The molecule has 15 aromatic rings. The number of hydrogen-bond donors (Lipinski definition) is 0. The van der Waals surface area contributed by atoms with Crippen molar-refractivity contribution in [1.82, 2.24) is 0 Å². The van der Waals surface area contributed by atoms with Crippen molar-refractivity contribution in [2.24, 2.45) is 0 Å². The van der Waals surface area contributed by atoms with Gasteiger partial charge in [-0.25, -0.2) is 0 Å². The zero-order valence-electron chi connectivity index (χ0n) is 53.8. The first-order valence-electron chi connectivity index (χ1n) is 32.9. The van der Waals surface area contributed by atoms with Gasteiger partial charge in [0.2, 0.25) is 0 Å². The lowest BCUT2D eigenvalue weighted by atomic mass is 9.72. The lowest BCUT2D eigenvalue weighted by Gasteiger charge is -2.32. The van der Waals surface area contributed by atoms with E-state index in [2.05, 4.69) is 287 Å². The van der Waals surface area contributed by atoms with Gasteiger partial charge in [-0.05, 0) is 197 Å². The number of furan rings is 3. The molecule has 0 spiro atoms. The first-order chi connectivity index (χ1) is 44.3. The van der Waals surface area contributed by atoms with Crippen LogP contribution in [0.1, 0.15) is 130 Å². The van der Waals surface area contributed by atoms with E-state index in [0.29, 0.717) is 0 Å². The van der Waals surface area contributed by atoms with Gasteiger partial charge in [0.15, 0.2) is 0 Å². The van der Waals surface area contributed by atoms with Gasteiger partial charge in [-0.1, -0.05) is 202 Å². The number of nitrogens with zero attached hydrogens (tertiary/aromatic N) is 1. The molecule has 5 aliphatic carbocycles. The number of rotatable bonds is 4. The number of aryl methyl sites for hydroxylation is 1. The lowest BCUT2D eigenvalue weighted by Crippen LogP contribution is -2.24. The van der Waals surface area contributed by atoms with Crippen LogP contribution in [-0.4, -0.2) is 0 Å². The zero-order valence-corrected chi connectivity index (χ0v) is 53.8. The summed E-state index contributed by atoms with van der Waals surface area (Å²) in [5.41, 5.74) is 37.3. The van der Waals surface area contributed by atoms with Crippen LogP contribution in [0.5, 0.6) is 0 Å². The van der Waals surface area contributed by atoms with Crippen molar-refractivity contribution in [1.29, 1.82) is 0 Å². The summed E-state index contributed by atoms with van der Waals surface area (Å²) in [5.74, 6) is 0. The van der Waals surface area contributed by atoms with E-state index in [9.17, 15) is 0 Å². The highest BCUT2D eigenvalue weighted by Crippen LogP contribution is 2.65. The van der Waals surface area contributed by atoms with Crippen LogP contribution in [0.25, 0.3) is 133 Å². The maximum atomic E-state index is 7.12. The molecule has 0 atom stereocenters. The van der Waals surface area contributed by atoms with E-state index in [1.807, 2.05) is 0 Å². The van der Waals surface area contributed by atoms with Gasteiger partial charge >= 0.3 is 0 Å². The average molecular weight is 1190 g/mol. The predicted octanol–water partition coefficient (Wildman–Crippen LogP) is 24.4. The van der Waals surface area contributed by atoms with Gasteiger partial charge in [0.05, 0.1) is 0 Å². The Balaban J connectivity index is 0.805. The molecule has 20 rings (SSSR count). The van der Waals surface area contributed by atoms with E-state index < -0.39 is 0 Å². The Morgan fingerprint density at radius 1 is 0.272 bits per heavy atom. The van der Waals surface area contributed by atoms with Crippen molar-refractivity contribution in [3.05, 3.63) is 267 Å². The summed E-state index contributed by atoms with van der Waals surface area (Å²) in [7, 11) is 0. The summed E-state index contributed by atoms with van der Waals surface area (Å²) >= 11 is 0. The molecule has 0 aliphatic heterocycles. The molecule has 4 heteroatoms. The fourth-order valence-electron chi connectivity index (χ4n) is 18.7. The lowest BCUT2D eigenvalue weighted by molar-refractivity contribution is 0.600. The van der Waals surface area contributed by atoms with E-state index in [4.69, 9.17) is 13.3 Å². The Bertz CT molecular complexity index is 5920. The quantitative estimate of drug-likeness (QED) is 0.176. The molecule has 0 bridgehead atoms. The van der Waals surface area contributed by atoms with Crippen LogP contribution < -0.4 is 4.90 Å². The molecule has 0 radical (unpaired) electrons. The second kappa shape index (κ2) is 17.1. The Kier molecular flexibility index (Phi) is 9.75. The third-order valence-electron chi connectivity index (χ3n) is 23.2. The van der Waals surface area contributed by atoms with Gasteiger partial charge in [0, 0.05) is 87.6 Å². The highest BCUT2D eigenvalue weighted by molar-refractivity contribution is 6.22. The molecule has 4 nitrogen and oxygen atoms in total. The Hall–Kier alpha value is -10.2. The van der Waals surface area contributed by atoms with Gasteiger partial charge in [0.25, 0.3) is 0 Å². The highest BCUT2D eigenvalue weighted by atomic mass is 16.3. The first-order valence-corrected chi connectivity index (χ1v) is 32.9. The van der Waals surface area contributed by atoms with E-state index in [1.165, 1.54) is 138 Å². The van der Waals surface area contributed by atoms with Crippen molar-refractivity contribution < 1.29 is 13.3 Å². The molecule has 0 fully saturated rings. The van der Waals surface area contributed by atoms with Crippen LogP contribution in [0.2, 0.25) is 0 Å². The molecule has 92 heavy (non-hydrogen) atoms. The van der Waals surface area contributed by atoms with Gasteiger partial charge in [-0.2, -0.15) is 0 Å². The molecule has 442 valence electrons.